The van der Waals surface area contributed by atoms with Crippen molar-refractivity contribution in [2.75, 3.05) is 23.7 Å². The van der Waals surface area contributed by atoms with Crippen LogP contribution in [0.15, 0.2) is 85.5 Å². The Balaban J connectivity index is 1.02. The zero-order valence-electron chi connectivity index (χ0n) is 28.5. The minimum atomic E-state index is -0.528. The predicted octanol–water partition coefficient (Wildman–Crippen LogP) is 6.26. The smallest absolute Gasteiger partial charge is 0.256 e. The molecule has 4 heterocycles. The Hall–Kier alpha value is -5.64. The van der Waals surface area contributed by atoms with Crippen molar-refractivity contribution >= 4 is 47.2 Å². The summed E-state index contributed by atoms with van der Waals surface area (Å²) in [6.45, 7) is 5.08. The number of anilines is 2. The number of nitrogens with one attached hydrogen (secondary N) is 2. The van der Waals surface area contributed by atoms with Gasteiger partial charge < -0.3 is 20.4 Å². The summed E-state index contributed by atoms with van der Waals surface area (Å²) in [7, 11) is 0. The molecule has 2 aliphatic rings. The molecule has 2 N–H and O–H groups in total. The molecule has 2 aliphatic heterocycles. The van der Waals surface area contributed by atoms with Crippen LogP contribution in [0.1, 0.15) is 82.5 Å². The Morgan fingerprint density at radius 3 is 1.42 bits per heavy atom. The molecular formula is C40H42N6O4. The molecule has 0 unspecified atom stereocenters. The van der Waals surface area contributed by atoms with Crippen molar-refractivity contribution in [2.24, 2.45) is 0 Å². The van der Waals surface area contributed by atoms with E-state index in [0.29, 0.717) is 48.4 Å². The fraction of sp³-hybridized carbons (Fsp3) is 0.300. The summed E-state index contributed by atoms with van der Waals surface area (Å²) in [5.41, 5.74) is 6.19. The zero-order valence-corrected chi connectivity index (χ0v) is 28.5. The standard InChI is InChI=1S/C40H42N6O4/c1-3-29-19-21-41-25-33(29)39(49)45-23-5-7-35(45)37(47)43-31-15-11-27(12-16-31)9-10-28-13-17-32(18-14-28)44-38(48)36-8-6-24-46(36)40(50)34-26-42-22-20-30(34)4-2/h9-22,25-26,35-36H,3-8,23-24H2,1-2H3,(H,43,47)(H,44,48)/t35-,36-/m0/s1. The fourth-order valence-corrected chi connectivity index (χ4v) is 6.72. The Labute approximate surface area is 292 Å². The van der Waals surface area contributed by atoms with Crippen LogP contribution in [0, 0.1) is 0 Å². The van der Waals surface area contributed by atoms with E-state index in [2.05, 4.69) is 20.6 Å². The number of pyridine rings is 2. The van der Waals surface area contributed by atoms with Gasteiger partial charge in [0.2, 0.25) is 11.8 Å². The summed E-state index contributed by atoms with van der Waals surface area (Å²) >= 11 is 0. The molecule has 6 rings (SSSR count). The highest BCUT2D eigenvalue weighted by molar-refractivity contribution is 6.03. The molecule has 2 aromatic carbocycles. The largest absolute Gasteiger partial charge is 0.327 e. The van der Waals surface area contributed by atoms with E-state index in [0.717, 1.165) is 47.9 Å². The van der Waals surface area contributed by atoms with Gasteiger partial charge in [-0.25, -0.2) is 0 Å². The van der Waals surface area contributed by atoms with Gasteiger partial charge in [0, 0.05) is 49.3 Å². The zero-order chi connectivity index (χ0) is 35.0. The first-order valence-corrected chi connectivity index (χ1v) is 17.3. The third kappa shape index (κ3) is 7.64. The number of nitrogens with zero attached hydrogens (tertiary/aromatic N) is 4. The van der Waals surface area contributed by atoms with E-state index in [4.69, 9.17) is 0 Å². The number of rotatable bonds is 10. The van der Waals surface area contributed by atoms with E-state index >= 15 is 0 Å². The molecule has 2 fully saturated rings. The average molecular weight is 671 g/mol. The molecule has 0 radical (unpaired) electrons. The molecule has 256 valence electrons. The number of amides is 4. The number of aromatic nitrogens is 2. The maximum Gasteiger partial charge on any atom is 0.256 e. The lowest BCUT2D eigenvalue weighted by Crippen LogP contribution is -2.43. The lowest BCUT2D eigenvalue weighted by Gasteiger charge is -2.24. The van der Waals surface area contributed by atoms with Crippen LogP contribution < -0.4 is 10.6 Å². The normalized spacial score (nSPS) is 17.2. The van der Waals surface area contributed by atoms with Gasteiger partial charge in [0.1, 0.15) is 12.1 Å². The third-order valence-corrected chi connectivity index (χ3v) is 9.50. The Kier molecular flexibility index (Phi) is 10.8. The monoisotopic (exact) mass is 670 g/mol. The van der Waals surface area contributed by atoms with Gasteiger partial charge in [-0.1, -0.05) is 50.3 Å². The summed E-state index contributed by atoms with van der Waals surface area (Å²) in [4.78, 5) is 64.7. The number of benzene rings is 2. The highest BCUT2D eigenvalue weighted by atomic mass is 16.2. The second-order valence-corrected chi connectivity index (χ2v) is 12.6. The van der Waals surface area contributed by atoms with Gasteiger partial charge >= 0.3 is 0 Å². The molecular weight excluding hydrogens is 628 g/mol. The summed E-state index contributed by atoms with van der Waals surface area (Å²) in [5.74, 6) is -0.690. The number of aryl methyl sites for hydroxylation is 2. The van der Waals surface area contributed by atoms with Gasteiger partial charge in [-0.15, -0.1) is 0 Å². The van der Waals surface area contributed by atoms with E-state index in [1.807, 2.05) is 86.7 Å². The Bertz CT molecular complexity index is 1750. The molecule has 4 aromatic rings. The van der Waals surface area contributed by atoms with Gasteiger partial charge in [0.15, 0.2) is 0 Å². The van der Waals surface area contributed by atoms with Gasteiger partial charge in [-0.2, -0.15) is 0 Å². The van der Waals surface area contributed by atoms with Crippen molar-refractivity contribution in [3.8, 4) is 0 Å². The van der Waals surface area contributed by atoms with Gasteiger partial charge in [-0.3, -0.25) is 29.1 Å². The van der Waals surface area contributed by atoms with Crippen LogP contribution in [0.25, 0.3) is 12.2 Å². The molecule has 0 bridgehead atoms. The van der Waals surface area contributed by atoms with E-state index < -0.39 is 12.1 Å². The maximum atomic E-state index is 13.3. The SMILES string of the molecule is CCc1ccncc1C(=O)N1CCC[C@H]1C(=O)Nc1ccc(C=Cc2ccc(NC(=O)[C@@H]3CCCN3C(=O)c3cnccc3CC)cc2)cc1. The summed E-state index contributed by atoms with van der Waals surface area (Å²) in [6.07, 6.45) is 14.7. The lowest BCUT2D eigenvalue weighted by molar-refractivity contribution is -0.120. The van der Waals surface area contributed by atoms with Crippen molar-refractivity contribution in [1.82, 2.24) is 19.8 Å². The van der Waals surface area contributed by atoms with Gasteiger partial charge in [0.25, 0.3) is 11.8 Å². The van der Waals surface area contributed by atoms with Crippen LogP contribution in [-0.2, 0) is 22.4 Å². The summed E-state index contributed by atoms with van der Waals surface area (Å²) in [5, 5.41) is 5.96. The maximum absolute atomic E-state index is 13.3. The molecule has 0 aliphatic carbocycles. The average Bonchev–Trinajstić information content (AvgIpc) is 3.86. The van der Waals surface area contributed by atoms with E-state index in [-0.39, 0.29) is 23.6 Å². The summed E-state index contributed by atoms with van der Waals surface area (Å²) in [6, 6.07) is 17.7. The van der Waals surface area contributed by atoms with Crippen LogP contribution in [-0.4, -0.2) is 68.6 Å². The van der Waals surface area contributed by atoms with Crippen molar-refractivity contribution in [3.05, 3.63) is 119 Å². The fourth-order valence-electron chi connectivity index (χ4n) is 6.72. The van der Waals surface area contributed by atoms with Crippen LogP contribution >= 0.6 is 0 Å². The number of hydrogen-bond donors (Lipinski definition) is 2. The van der Waals surface area contributed by atoms with Crippen molar-refractivity contribution < 1.29 is 19.2 Å². The van der Waals surface area contributed by atoms with Crippen molar-refractivity contribution in [2.45, 2.75) is 64.5 Å². The number of carbonyl (C=O) groups is 4. The molecule has 2 saturated heterocycles. The first-order valence-electron chi connectivity index (χ1n) is 17.3. The van der Waals surface area contributed by atoms with E-state index in [1.165, 1.54) is 0 Å². The quantitative estimate of drug-likeness (QED) is 0.192. The molecule has 0 spiro atoms. The van der Waals surface area contributed by atoms with Crippen LogP contribution in [0.3, 0.4) is 0 Å². The minimum Gasteiger partial charge on any atom is -0.327 e. The number of likely N-dealkylation sites (tertiary alicyclic amines) is 2. The molecule has 2 atom stereocenters. The third-order valence-electron chi connectivity index (χ3n) is 9.50. The second-order valence-electron chi connectivity index (χ2n) is 12.6. The molecule has 10 heteroatoms. The molecule has 50 heavy (non-hydrogen) atoms. The summed E-state index contributed by atoms with van der Waals surface area (Å²) < 4.78 is 0. The van der Waals surface area contributed by atoms with E-state index in [1.54, 1.807) is 34.6 Å². The first kappa shape index (κ1) is 34.2. The minimum absolute atomic E-state index is 0.150. The van der Waals surface area contributed by atoms with Crippen LogP contribution in [0.4, 0.5) is 11.4 Å². The lowest BCUT2D eigenvalue weighted by atomic mass is 10.1. The second kappa shape index (κ2) is 15.7. The predicted molar refractivity (Wildman–Crippen MR) is 194 cm³/mol. The number of carbonyl (C=O) groups excluding carboxylic acids is 4. The topological polar surface area (TPSA) is 125 Å². The number of hydrogen-bond acceptors (Lipinski definition) is 6. The highest BCUT2D eigenvalue weighted by Gasteiger charge is 2.36. The van der Waals surface area contributed by atoms with E-state index in [9.17, 15) is 19.2 Å². The van der Waals surface area contributed by atoms with Crippen LogP contribution in [0.2, 0.25) is 0 Å². The van der Waals surface area contributed by atoms with Crippen molar-refractivity contribution in [1.29, 1.82) is 0 Å². The molecule has 0 saturated carbocycles. The Morgan fingerprint density at radius 1 is 0.640 bits per heavy atom. The van der Waals surface area contributed by atoms with Crippen LogP contribution in [0.5, 0.6) is 0 Å². The Morgan fingerprint density at radius 2 is 1.04 bits per heavy atom. The van der Waals surface area contributed by atoms with Gasteiger partial charge in [0.05, 0.1) is 11.1 Å². The van der Waals surface area contributed by atoms with Crippen molar-refractivity contribution in [3.63, 3.8) is 0 Å². The molecule has 10 nitrogen and oxygen atoms in total. The highest BCUT2D eigenvalue weighted by Crippen LogP contribution is 2.25. The first-order chi connectivity index (χ1) is 24.4. The molecule has 4 amide bonds. The van der Waals surface area contributed by atoms with Gasteiger partial charge in [-0.05, 0) is 97.2 Å². The molecule has 2 aromatic heterocycles.